The number of carbonyl (C=O) groups excluding carboxylic acids is 1. The van der Waals surface area contributed by atoms with Crippen LogP contribution in [0, 0.1) is 3.57 Å². The maximum absolute atomic E-state index is 12.3. The number of nitrogens with one attached hydrogen (secondary N) is 1. The average molecular weight is 412 g/mol. The predicted molar refractivity (Wildman–Crippen MR) is 99.0 cm³/mol. The van der Waals surface area contributed by atoms with Crippen LogP contribution in [0.3, 0.4) is 0 Å². The molecular formula is C16H17IN2OS. The molecule has 2 aromatic rings. The molecule has 0 aliphatic carbocycles. The standard InChI is InChI=1S/C16H17IN2OS/c1-2-9-21-11-7-8-14(18)15(10-11)19-16(20)12-5-3-4-6-13(12)17/h3-8,10H,2,9,18H2,1H3,(H,19,20). The molecule has 2 rings (SSSR count). The van der Waals surface area contributed by atoms with Crippen LogP contribution in [0.2, 0.25) is 0 Å². The molecule has 2 aromatic carbocycles. The van der Waals surface area contributed by atoms with Gasteiger partial charge in [0.1, 0.15) is 0 Å². The Bertz CT molecular complexity index is 646. The van der Waals surface area contributed by atoms with E-state index in [0.29, 0.717) is 16.9 Å². The van der Waals surface area contributed by atoms with Crippen molar-refractivity contribution in [2.45, 2.75) is 18.2 Å². The minimum absolute atomic E-state index is 0.135. The molecule has 0 fully saturated rings. The van der Waals surface area contributed by atoms with Crippen molar-refractivity contribution in [1.29, 1.82) is 0 Å². The van der Waals surface area contributed by atoms with Crippen LogP contribution < -0.4 is 11.1 Å². The number of thioether (sulfide) groups is 1. The van der Waals surface area contributed by atoms with Gasteiger partial charge in [0.2, 0.25) is 0 Å². The number of amides is 1. The lowest BCUT2D eigenvalue weighted by atomic mass is 10.2. The first-order chi connectivity index (χ1) is 10.1. The second kappa shape index (κ2) is 7.70. The molecule has 0 atom stereocenters. The smallest absolute Gasteiger partial charge is 0.256 e. The molecule has 110 valence electrons. The monoisotopic (exact) mass is 412 g/mol. The van der Waals surface area contributed by atoms with E-state index in [0.717, 1.165) is 20.6 Å². The molecule has 0 bridgehead atoms. The third-order valence-electron chi connectivity index (χ3n) is 2.86. The van der Waals surface area contributed by atoms with Gasteiger partial charge in [0.05, 0.1) is 16.9 Å². The van der Waals surface area contributed by atoms with Gasteiger partial charge >= 0.3 is 0 Å². The van der Waals surface area contributed by atoms with E-state index in [-0.39, 0.29) is 5.91 Å². The lowest BCUT2D eigenvalue weighted by Crippen LogP contribution is -2.14. The van der Waals surface area contributed by atoms with E-state index in [1.54, 1.807) is 11.8 Å². The van der Waals surface area contributed by atoms with Gasteiger partial charge in [-0.2, -0.15) is 0 Å². The molecule has 0 aliphatic heterocycles. The molecule has 0 saturated carbocycles. The molecule has 1 amide bonds. The van der Waals surface area contributed by atoms with E-state index in [9.17, 15) is 4.79 Å². The van der Waals surface area contributed by atoms with Crippen LogP contribution in [0.5, 0.6) is 0 Å². The highest BCUT2D eigenvalue weighted by Gasteiger charge is 2.11. The lowest BCUT2D eigenvalue weighted by Gasteiger charge is -2.11. The van der Waals surface area contributed by atoms with Crippen molar-refractivity contribution in [3.63, 3.8) is 0 Å². The Balaban J connectivity index is 2.19. The Hall–Kier alpha value is -1.21. The first kappa shape index (κ1) is 16.2. The van der Waals surface area contributed by atoms with Crippen molar-refractivity contribution in [2.24, 2.45) is 0 Å². The number of hydrogen-bond acceptors (Lipinski definition) is 3. The van der Waals surface area contributed by atoms with E-state index in [1.807, 2.05) is 42.5 Å². The summed E-state index contributed by atoms with van der Waals surface area (Å²) in [5.74, 6) is 0.915. The van der Waals surface area contributed by atoms with Crippen LogP contribution >= 0.6 is 34.4 Å². The Morgan fingerprint density at radius 3 is 2.76 bits per heavy atom. The van der Waals surface area contributed by atoms with Gasteiger partial charge in [0, 0.05) is 8.47 Å². The largest absolute Gasteiger partial charge is 0.397 e. The highest BCUT2D eigenvalue weighted by molar-refractivity contribution is 14.1. The fraction of sp³-hybridized carbons (Fsp3) is 0.188. The SMILES string of the molecule is CCCSc1ccc(N)c(NC(=O)c2ccccc2I)c1. The first-order valence-electron chi connectivity index (χ1n) is 6.70. The number of anilines is 2. The lowest BCUT2D eigenvalue weighted by molar-refractivity contribution is 0.102. The van der Waals surface area contributed by atoms with E-state index in [2.05, 4.69) is 34.8 Å². The minimum Gasteiger partial charge on any atom is -0.397 e. The predicted octanol–water partition coefficient (Wildman–Crippen LogP) is 4.63. The quantitative estimate of drug-likeness (QED) is 0.428. The van der Waals surface area contributed by atoms with E-state index in [1.165, 1.54) is 0 Å². The molecule has 0 radical (unpaired) electrons. The van der Waals surface area contributed by atoms with Crippen molar-refractivity contribution in [1.82, 2.24) is 0 Å². The third kappa shape index (κ3) is 4.38. The van der Waals surface area contributed by atoms with Crippen LogP contribution in [0.25, 0.3) is 0 Å². The molecule has 3 N–H and O–H groups in total. The van der Waals surface area contributed by atoms with Gasteiger partial charge in [-0.3, -0.25) is 4.79 Å². The van der Waals surface area contributed by atoms with E-state index < -0.39 is 0 Å². The number of nitrogen functional groups attached to an aromatic ring is 1. The number of nitrogens with two attached hydrogens (primary N) is 1. The maximum atomic E-state index is 12.3. The van der Waals surface area contributed by atoms with Crippen molar-refractivity contribution >= 4 is 51.6 Å². The zero-order valence-corrected chi connectivity index (χ0v) is 14.7. The number of hydrogen-bond donors (Lipinski definition) is 2. The summed E-state index contributed by atoms with van der Waals surface area (Å²) in [6, 6.07) is 13.2. The molecule has 21 heavy (non-hydrogen) atoms. The summed E-state index contributed by atoms with van der Waals surface area (Å²) >= 11 is 3.92. The zero-order chi connectivity index (χ0) is 15.2. The molecule has 0 aliphatic rings. The topological polar surface area (TPSA) is 55.1 Å². The van der Waals surface area contributed by atoms with Crippen molar-refractivity contribution < 1.29 is 4.79 Å². The number of halogens is 1. The molecular weight excluding hydrogens is 395 g/mol. The average Bonchev–Trinajstić information content (AvgIpc) is 2.48. The van der Waals surface area contributed by atoms with Gasteiger partial charge in [-0.05, 0) is 65.1 Å². The van der Waals surface area contributed by atoms with Gasteiger partial charge in [-0.1, -0.05) is 19.1 Å². The van der Waals surface area contributed by atoms with Gasteiger partial charge in [-0.15, -0.1) is 11.8 Å². The molecule has 0 heterocycles. The Labute approximate surface area is 142 Å². The molecule has 5 heteroatoms. The van der Waals surface area contributed by atoms with Gasteiger partial charge < -0.3 is 11.1 Å². The van der Waals surface area contributed by atoms with Crippen molar-refractivity contribution in [3.8, 4) is 0 Å². The highest BCUT2D eigenvalue weighted by atomic mass is 127. The second-order valence-corrected chi connectivity index (χ2v) is 6.86. The normalized spacial score (nSPS) is 10.4. The van der Waals surface area contributed by atoms with Crippen LogP contribution in [0.15, 0.2) is 47.4 Å². The Morgan fingerprint density at radius 2 is 2.05 bits per heavy atom. The Kier molecular flexibility index (Phi) is 5.93. The summed E-state index contributed by atoms with van der Waals surface area (Å²) in [5, 5.41) is 2.90. The first-order valence-corrected chi connectivity index (χ1v) is 8.76. The minimum atomic E-state index is -0.135. The summed E-state index contributed by atoms with van der Waals surface area (Å²) in [5.41, 5.74) is 7.86. The summed E-state index contributed by atoms with van der Waals surface area (Å²) < 4.78 is 0.919. The number of rotatable bonds is 5. The maximum Gasteiger partial charge on any atom is 0.256 e. The zero-order valence-electron chi connectivity index (χ0n) is 11.7. The second-order valence-electron chi connectivity index (χ2n) is 4.53. The molecule has 0 unspecified atom stereocenters. The van der Waals surface area contributed by atoms with Gasteiger partial charge in [0.25, 0.3) is 5.91 Å². The Morgan fingerprint density at radius 1 is 1.29 bits per heavy atom. The van der Waals surface area contributed by atoms with Gasteiger partial charge in [-0.25, -0.2) is 0 Å². The van der Waals surface area contributed by atoms with E-state index in [4.69, 9.17) is 5.73 Å². The van der Waals surface area contributed by atoms with Gasteiger partial charge in [0.15, 0.2) is 0 Å². The fourth-order valence-electron chi connectivity index (χ4n) is 1.79. The van der Waals surface area contributed by atoms with Crippen LogP contribution in [-0.2, 0) is 0 Å². The summed E-state index contributed by atoms with van der Waals surface area (Å²) in [4.78, 5) is 13.4. The van der Waals surface area contributed by atoms with E-state index >= 15 is 0 Å². The van der Waals surface area contributed by atoms with Crippen LogP contribution in [-0.4, -0.2) is 11.7 Å². The highest BCUT2D eigenvalue weighted by Crippen LogP contribution is 2.27. The van der Waals surface area contributed by atoms with Crippen LogP contribution in [0.1, 0.15) is 23.7 Å². The summed E-state index contributed by atoms with van der Waals surface area (Å²) in [6.07, 6.45) is 1.11. The fourth-order valence-corrected chi connectivity index (χ4v) is 3.23. The number of carbonyl (C=O) groups is 1. The van der Waals surface area contributed by atoms with Crippen molar-refractivity contribution in [3.05, 3.63) is 51.6 Å². The summed E-state index contributed by atoms with van der Waals surface area (Å²) in [6.45, 7) is 2.14. The third-order valence-corrected chi connectivity index (χ3v) is 5.00. The molecule has 0 saturated heterocycles. The van der Waals surface area contributed by atoms with Crippen molar-refractivity contribution in [2.75, 3.05) is 16.8 Å². The number of benzene rings is 2. The van der Waals surface area contributed by atoms with Crippen LogP contribution in [0.4, 0.5) is 11.4 Å². The molecule has 3 nitrogen and oxygen atoms in total. The molecule has 0 aromatic heterocycles. The summed E-state index contributed by atoms with van der Waals surface area (Å²) in [7, 11) is 0. The molecule has 0 spiro atoms.